The molecule has 0 amide bonds. The fourth-order valence-corrected chi connectivity index (χ4v) is 4.68. The first-order valence-electron chi connectivity index (χ1n) is 11.5. The molecule has 0 bridgehead atoms. The minimum atomic E-state index is 0.713. The average molecular weight is 469 g/mol. The highest BCUT2D eigenvalue weighted by atomic mass is 35.5. The molecule has 3 heteroatoms. The van der Waals surface area contributed by atoms with E-state index in [2.05, 4.69) is 60.7 Å². The van der Waals surface area contributed by atoms with Crippen LogP contribution in [0.3, 0.4) is 0 Å². The van der Waals surface area contributed by atoms with Crippen LogP contribution in [-0.4, -0.2) is 9.97 Å². The lowest BCUT2D eigenvalue weighted by Crippen LogP contribution is -1.96. The summed E-state index contributed by atoms with van der Waals surface area (Å²) in [6.07, 6.45) is 0. The number of rotatable bonds is 4. The van der Waals surface area contributed by atoms with E-state index in [1.165, 1.54) is 0 Å². The first-order chi connectivity index (χ1) is 17.3. The van der Waals surface area contributed by atoms with Gasteiger partial charge in [-0.3, -0.25) is 0 Å². The zero-order valence-electron chi connectivity index (χ0n) is 18.9. The van der Waals surface area contributed by atoms with Crippen LogP contribution >= 0.6 is 11.6 Å². The Kier molecular flexibility index (Phi) is 5.57. The molecule has 0 radical (unpaired) electrons. The van der Waals surface area contributed by atoms with Crippen molar-refractivity contribution < 1.29 is 0 Å². The van der Waals surface area contributed by atoms with E-state index in [4.69, 9.17) is 21.6 Å². The first kappa shape index (κ1) is 21.3. The summed E-state index contributed by atoms with van der Waals surface area (Å²) in [6.45, 7) is 0. The van der Waals surface area contributed by atoms with Gasteiger partial charge in [0.1, 0.15) is 0 Å². The van der Waals surface area contributed by atoms with Gasteiger partial charge in [0.25, 0.3) is 0 Å². The van der Waals surface area contributed by atoms with Crippen molar-refractivity contribution in [2.45, 2.75) is 0 Å². The number of benzene rings is 5. The summed E-state index contributed by atoms with van der Waals surface area (Å²) in [7, 11) is 0. The Morgan fingerprint density at radius 1 is 0.429 bits per heavy atom. The van der Waals surface area contributed by atoms with Crippen molar-refractivity contribution >= 4 is 22.4 Å². The highest BCUT2D eigenvalue weighted by Gasteiger charge is 2.14. The van der Waals surface area contributed by atoms with Gasteiger partial charge < -0.3 is 0 Å². The number of nitrogens with zero attached hydrogens (tertiary/aromatic N) is 2. The van der Waals surface area contributed by atoms with Crippen molar-refractivity contribution in [3.05, 3.63) is 132 Å². The maximum absolute atomic E-state index is 6.31. The molecule has 5 aromatic carbocycles. The molecule has 0 saturated heterocycles. The standard InChI is InChI=1S/C32H21ClN2/c33-25-15-9-14-24(20-25)26-18-19-29(28-17-8-7-16-27(26)28)31-21-30(22-10-3-1-4-11-22)34-32(35-31)23-12-5-2-6-13-23/h1-21H. The van der Waals surface area contributed by atoms with Gasteiger partial charge in [0, 0.05) is 21.7 Å². The van der Waals surface area contributed by atoms with Crippen LogP contribution in [0.1, 0.15) is 0 Å². The highest BCUT2D eigenvalue weighted by molar-refractivity contribution is 6.31. The molecule has 0 saturated carbocycles. The normalized spacial score (nSPS) is 11.0. The number of halogens is 1. The van der Waals surface area contributed by atoms with E-state index in [0.717, 1.165) is 55.0 Å². The van der Waals surface area contributed by atoms with E-state index < -0.39 is 0 Å². The highest BCUT2D eigenvalue weighted by Crippen LogP contribution is 2.37. The van der Waals surface area contributed by atoms with Gasteiger partial charge in [0.2, 0.25) is 0 Å². The SMILES string of the molecule is Clc1cccc(-c2ccc(-c3cc(-c4ccccc4)nc(-c4ccccc4)n3)c3ccccc23)c1. The quantitative estimate of drug-likeness (QED) is 0.258. The molecule has 0 aliphatic heterocycles. The third-order valence-electron chi connectivity index (χ3n) is 6.16. The Bertz CT molecular complexity index is 1590. The molecule has 2 nitrogen and oxygen atoms in total. The summed E-state index contributed by atoms with van der Waals surface area (Å²) in [5.74, 6) is 0.713. The molecule has 0 spiro atoms. The predicted molar refractivity (Wildman–Crippen MR) is 146 cm³/mol. The van der Waals surface area contributed by atoms with Crippen LogP contribution in [0, 0.1) is 0 Å². The molecule has 6 rings (SSSR count). The molecule has 6 aromatic rings. The maximum atomic E-state index is 6.31. The Labute approximate surface area is 209 Å². The first-order valence-corrected chi connectivity index (χ1v) is 11.9. The van der Waals surface area contributed by atoms with Gasteiger partial charge in [-0.15, -0.1) is 0 Å². The fourth-order valence-electron chi connectivity index (χ4n) is 4.49. The van der Waals surface area contributed by atoms with Crippen LogP contribution in [0.5, 0.6) is 0 Å². The van der Waals surface area contributed by atoms with Crippen LogP contribution in [0.4, 0.5) is 0 Å². The molecule has 166 valence electrons. The van der Waals surface area contributed by atoms with Crippen molar-refractivity contribution in [3.8, 4) is 45.0 Å². The minimum Gasteiger partial charge on any atom is -0.228 e. The van der Waals surface area contributed by atoms with Crippen LogP contribution < -0.4 is 0 Å². The molecule has 0 N–H and O–H groups in total. The summed E-state index contributed by atoms with van der Waals surface area (Å²) in [6, 6.07) is 43.3. The van der Waals surface area contributed by atoms with Gasteiger partial charge in [-0.25, -0.2) is 9.97 Å². The molecule has 0 aliphatic carbocycles. The molecule has 35 heavy (non-hydrogen) atoms. The van der Waals surface area contributed by atoms with Crippen molar-refractivity contribution in [2.75, 3.05) is 0 Å². The number of aromatic nitrogens is 2. The lowest BCUT2D eigenvalue weighted by Gasteiger charge is -2.14. The monoisotopic (exact) mass is 468 g/mol. The van der Waals surface area contributed by atoms with Crippen molar-refractivity contribution in [3.63, 3.8) is 0 Å². The Morgan fingerprint density at radius 3 is 1.71 bits per heavy atom. The van der Waals surface area contributed by atoms with Crippen molar-refractivity contribution in [1.29, 1.82) is 0 Å². The summed E-state index contributed by atoms with van der Waals surface area (Å²) in [4.78, 5) is 9.96. The molecule has 1 aromatic heterocycles. The van der Waals surface area contributed by atoms with Gasteiger partial charge in [0.15, 0.2) is 5.82 Å². The third kappa shape index (κ3) is 4.21. The molecular formula is C32H21ClN2. The number of fused-ring (bicyclic) bond motifs is 1. The van der Waals surface area contributed by atoms with Crippen LogP contribution in [-0.2, 0) is 0 Å². The molecule has 0 aliphatic rings. The second kappa shape index (κ2) is 9.17. The summed E-state index contributed by atoms with van der Waals surface area (Å²) < 4.78 is 0. The molecule has 0 fully saturated rings. The van der Waals surface area contributed by atoms with E-state index in [-0.39, 0.29) is 0 Å². The Balaban J connectivity index is 1.59. The second-order valence-corrected chi connectivity index (χ2v) is 8.85. The largest absolute Gasteiger partial charge is 0.228 e. The van der Waals surface area contributed by atoms with E-state index >= 15 is 0 Å². The van der Waals surface area contributed by atoms with E-state index in [1.54, 1.807) is 0 Å². The van der Waals surface area contributed by atoms with Gasteiger partial charge in [-0.05, 0) is 40.1 Å². The summed E-state index contributed by atoms with van der Waals surface area (Å²) in [5.41, 5.74) is 7.16. The van der Waals surface area contributed by atoms with Crippen LogP contribution in [0.25, 0.3) is 55.8 Å². The average Bonchev–Trinajstić information content (AvgIpc) is 2.93. The van der Waals surface area contributed by atoms with E-state index in [1.807, 2.05) is 66.7 Å². The summed E-state index contributed by atoms with van der Waals surface area (Å²) >= 11 is 6.31. The van der Waals surface area contributed by atoms with E-state index in [0.29, 0.717) is 5.82 Å². The smallest absolute Gasteiger partial charge is 0.160 e. The zero-order chi connectivity index (χ0) is 23.6. The number of hydrogen-bond acceptors (Lipinski definition) is 2. The Morgan fingerprint density at radius 2 is 1.00 bits per heavy atom. The lowest BCUT2D eigenvalue weighted by atomic mass is 9.93. The van der Waals surface area contributed by atoms with Crippen LogP contribution in [0.2, 0.25) is 5.02 Å². The molecule has 1 heterocycles. The molecule has 0 atom stereocenters. The topological polar surface area (TPSA) is 25.8 Å². The van der Waals surface area contributed by atoms with E-state index in [9.17, 15) is 0 Å². The predicted octanol–water partition coefficient (Wildman–Crippen LogP) is 8.95. The maximum Gasteiger partial charge on any atom is 0.160 e. The lowest BCUT2D eigenvalue weighted by molar-refractivity contribution is 1.18. The van der Waals surface area contributed by atoms with Crippen LogP contribution in [0.15, 0.2) is 127 Å². The number of hydrogen-bond donors (Lipinski definition) is 0. The fraction of sp³-hybridized carbons (Fsp3) is 0. The van der Waals surface area contributed by atoms with Gasteiger partial charge >= 0.3 is 0 Å². The second-order valence-electron chi connectivity index (χ2n) is 8.41. The van der Waals surface area contributed by atoms with Crippen molar-refractivity contribution in [2.24, 2.45) is 0 Å². The van der Waals surface area contributed by atoms with Gasteiger partial charge in [-0.2, -0.15) is 0 Å². The summed E-state index contributed by atoms with van der Waals surface area (Å²) in [5, 5.41) is 3.03. The zero-order valence-corrected chi connectivity index (χ0v) is 19.7. The van der Waals surface area contributed by atoms with Gasteiger partial charge in [0.05, 0.1) is 11.4 Å². The van der Waals surface area contributed by atoms with Crippen molar-refractivity contribution in [1.82, 2.24) is 9.97 Å². The molecular weight excluding hydrogens is 448 g/mol. The molecule has 0 unspecified atom stereocenters. The third-order valence-corrected chi connectivity index (χ3v) is 6.40. The van der Waals surface area contributed by atoms with Gasteiger partial charge in [-0.1, -0.05) is 121 Å². The minimum absolute atomic E-state index is 0.713. The Hall–Kier alpha value is -4.27.